The molecule has 126 valence electrons. The molecule has 0 spiro atoms. The molecule has 1 aromatic carbocycles. The Kier molecular flexibility index (Phi) is 8.78. The molecule has 1 aromatic rings. The molecule has 23 heavy (non-hydrogen) atoms. The Labute approximate surface area is 149 Å². The molecule has 0 unspecified atom stereocenters. The average Bonchev–Trinajstić information content (AvgIpc) is 2.55. The molecule has 7 heteroatoms. The summed E-state index contributed by atoms with van der Waals surface area (Å²) in [6.45, 7) is 0.812. The van der Waals surface area contributed by atoms with E-state index in [1.54, 1.807) is 23.5 Å². The van der Waals surface area contributed by atoms with Crippen LogP contribution in [0.4, 0.5) is 0 Å². The largest absolute Gasteiger partial charge is 0.464 e. The standard InChI is InChI=1S/C16H20O4S3/c17-15-11-23-12-16(18)20-6-8-22-10-14-2-1-13(3-4-14)9-21-7-5-19-15/h1-4H,5-12H2. The number of rotatable bonds is 0. The van der Waals surface area contributed by atoms with Gasteiger partial charge >= 0.3 is 11.9 Å². The summed E-state index contributed by atoms with van der Waals surface area (Å²) in [5.41, 5.74) is 2.55. The molecule has 2 aliphatic heterocycles. The topological polar surface area (TPSA) is 52.6 Å². The molecule has 4 nitrogen and oxygen atoms in total. The summed E-state index contributed by atoms with van der Waals surface area (Å²) in [6, 6.07) is 8.55. The highest BCUT2D eigenvalue weighted by Gasteiger charge is 2.08. The maximum Gasteiger partial charge on any atom is 0.315 e. The van der Waals surface area contributed by atoms with Crippen LogP contribution in [0.3, 0.4) is 0 Å². The van der Waals surface area contributed by atoms with E-state index in [1.807, 2.05) is 0 Å². The Balaban J connectivity index is 1.84. The molecule has 0 atom stereocenters. The van der Waals surface area contributed by atoms with Gasteiger partial charge in [0, 0.05) is 23.0 Å². The Morgan fingerprint density at radius 1 is 0.652 bits per heavy atom. The monoisotopic (exact) mass is 372 g/mol. The predicted molar refractivity (Wildman–Crippen MR) is 98.0 cm³/mol. The van der Waals surface area contributed by atoms with Crippen molar-refractivity contribution in [2.24, 2.45) is 0 Å². The average molecular weight is 373 g/mol. The van der Waals surface area contributed by atoms with Crippen LogP contribution in [0.5, 0.6) is 0 Å². The van der Waals surface area contributed by atoms with Crippen LogP contribution in [0.1, 0.15) is 11.1 Å². The number of esters is 2. The SMILES string of the molecule is O=C1CSCC(=O)OCCSCc2ccc(cc2)CSCCO1. The van der Waals surface area contributed by atoms with E-state index in [0.717, 1.165) is 23.0 Å². The minimum absolute atomic E-state index is 0.190. The maximum atomic E-state index is 11.5. The summed E-state index contributed by atoms with van der Waals surface area (Å²) in [5, 5.41) is 0. The van der Waals surface area contributed by atoms with Crippen LogP contribution in [0.25, 0.3) is 0 Å². The van der Waals surface area contributed by atoms with Gasteiger partial charge in [-0.3, -0.25) is 9.59 Å². The highest BCUT2D eigenvalue weighted by atomic mass is 32.2. The fourth-order valence-electron chi connectivity index (χ4n) is 1.84. The second-order valence-electron chi connectivity index (χ2n) is 4.86. The summed E-state index contributed by atoms with van der Waals surface area (Å²) in [6.07, 6.45) is 0. The fourth-order valence-corrected chi connectivity index (χ4v) is 3.99. The van der Waals surface area contributed by atoms with Crippen LogP contribution >= 0.6 is 35.3 Å². The predicted octanol–water partition coefficient (Wildman–Crippen LogP) is 2.99. The van der Waals surface area contributed by atoms with Crippen molar-refractivity contribution < 1.29 is 19.1 Å². The zero-order valence-electron chi connectivity index (χ0n) is 12.8. The van der Waals surface area contributed by atoms with Gasteiger partial charge in [0.2, 0.25) is 0 Å². The van der Waals surface area contributed by atoms with Crippen molar-refractivity contribution in [3.63, 3.8) is 0 Å². The first-order chi connectivity index (χ1) is 11.2. The quantitative estimate of drug-likeness (QED) is 0.649. The van der Waals surface area contributed by atoms with Gasteiger partial charge in [0.15, 0.2) is 0 Å². The first-order valence-electron chi connectivity index (χ1n) is 7.36. The van der Waals surface area contributed by atoms with Crippen molar-refractivity contribution in [3.8, 4) is 0 Å². The molecule has 2 bridgehead atoms. The normalized spacial score (nSPS) is 19.1. The molecular formula is C16H20O4S3. The van der Waals surface area contributed by atoms with Crippen LogP contribution in [0.2, 0.25) is 0 Å². The summed E-state index contributed by atoms with van der Waals surface area (Å²) >= 11 is 4.73. The van der Waals surface area contributed by atoms with E-state index in [4.69, 9.17) is 9.47 Å². The molecule has 2 heterocycles. The lowest BCUT2D eigenvalue weighted by atomic mass is 10.2. The third kappa shape index (κ3) is 8.04. The summed E-state index contributed by atoms with van der Waals surface area (Å²) in [7, 11) is 0. The number of benzene rings is 1. The Bertz CT molecular complexity index is 460. The molecule has 0 aromatic heterocycles. The summed E-state index contributed by atoms with van der Waals surface area (Å²) in [4.78, 5) is 23.0. The number of carbonyl (C=O) groups excluding carboxylic acids is 2. The lowest BCUT2D eigenvalue weighted by Gasteiger charge is -2.05. The number of hydrogen-bond acceptors (Lipinski definition) is 7. The van der Waals surface area contributed by atoms with E-state index in [-0.39, 0.29) is 23.4 Å². The van der Waals surface area contributed by atoms with E-state index >= 15 is 0 Å². The van der Waals surface area contributed by atoms with Crippen molar-refractivity contribution in [3.05, 3.63) is 35.4 Å². The second-order valence-corrected chi connectivity index (χ2v) is 8.05. The number of carbonyl (C=O) groups is 2. The van der Waals surface area contributed by atoms with Gasteiger partial charge in [-0.25, -0.2) is 0 Å². The minimum atomic E-state index is -0.277. The van der Waals surface area contributed by atoms with E-state index in [9.17, 15) is 9.59 Å². The Hall–Kier alpha value is -0.790. The first kappa shape index (κ1) is 18.5. The molecule has 0 amide bonds. The van der Waals surface area contributed by atoms with Crippen molar-refractivity contribution in [2.45, 2.75) is 11.5 Å². The molecule has 0 radical (unpaired) electrons. The molecule has 3 rings (SSSR count). The van der Waals surface area contributed by atoms with Crippen molar-refractivity contribution >= 4 is 47.2 Å². The minimum Gasteiger partial charge on any atom is -0.464 e. The summed E-state index contributed by atoms with van der Waals surface area (Å²) in [5.74, 6) is 3.21. The third-order valence-electron chi connectivity index (χ3n) is 2.98. The smallest absolute Gasteiger partial charge is 0.315 e. The van der Waals surface area contributed by atoms with E-state index in [2.05, 4.69) is 24.3 Å². The van der Waals surface area contributed by atoms with Gasteiger partial charge in [0.05, 0.1) is 11.5 Å². The molecule has 0 N–H and O–H groups in total. The summed E-state index contributed by atoms with van der Waals surface area (Å²) < 4.78 is 10.3. The lowest BCUT2D eigenvalue weighted by molar-refractivity contribution is -0.140. The number of ether oxygens (including phenoxy) is 2. The highest BCUT2D eigenvalue weighted by molar-refractivity contribution is 8.00. The Morgan fingerprint density at radius 3 is 1.52 bits per heavy atom. The lowest BCUT2D eigenvalue weighted by Crippen LogP contribution is -2.14. The van der Waals surface area contributed by atoms with Crippen molar-refractivity contribution in [1.29, 1.82) is 0 Å². The molecule has 0 aliphatic carbocycles. The van der Waals surface area contributed by atoms with Gasteiger partial charge in [-0.2, -0.15) is 23.5 Å². The van der Waals surface area contributed by atoms with E-state index < -0.39 is 0 Å². The fraction of sp³-hybridized carbons (Fsp3) is 0.500. The van der Waals surface area contributed by atoms with Crippen LogP contribution in [-0.2, 0) is 30.6 Å². The van der Waals surface area contributed by atoms with Crippen LogP contribution < -0.4 is 0 Å². The van der Waals surface area contributed by atoms with Crippen LogP contribution in [-0.4, -0.2) is 48.2 Å². The number of thioether (sulfide) groups is 3. The van der Waals surface area contributed by atoms with E-state index in [1.165, 1.54) is 22.9 Å². The second kappa shape index (κ2) is 10.9. The van der Waals surface area contributed by atoms with Crippen LogP contribution in [0, 0.1) is 0 Å². The molecule has 0 fully saturated rings. The van der Waals surface area contributed by atoms with Gasteiger partial charge in [-0.1, -0.05) is 24.3 Å². The van der Waals surface area contributed by atoms with E-state index in [0.29, 0.717) is 13.2 Å². The van der Waals surface area contributed by atoms with Crippen LogP contribution in [0.15, 0.2) is 24.3 Å². The molecule has 2 aliphatic rings. The Morgan fingerprint density at radius 2 is 1.09 bits per heavy atom. The zero-order valence-corrected chi connectivity index (χ0v) is 15.3. The van der Waals surface area contributed by atoms with Gasteiger partial charge < -0.3 is 9.47 Å². The van der Waals surface area contributed by atoms with Crippen molar-refractivity contribution in [1.82, 2.24) is 0 Å². The third-order valence-corrected chi connectivity index (χ3v) is 5.85. The van der Waals surface area contributed by atoms with Gasteiger partial charge in [-0.05, 0) is 11.1 Å². The molecular weight excluding hydrogens is 352 g/mol. The maximum absolute atomic E-state index is 11.5. The zero-order chi connectivity index (χ0) is 16.3. The molecule has 0 saturated heterocycles. The van der Waals surface area contributed by atoms with Gasteiger partial charge in [0.25, 0.3) is 0 Å². The van der Waals surface area contributed by atoms with Gasteiger partial charge in [0.1, 0.15) is 13.2 Å². The number of hydrogen-bond donors (Lipinski definition) is 0. The first-order valence-corrected chi connectivity index (χ1v) is 10.8. The molecule has 0 saturated carbocycles. The highest BCUT2D eigenvalue weighted by Crippen LogP contribution is 2.17. The van der Waals surface area contributed by atoms with Gasteiger partial charge in [-0.15, -0.1) is 11.8 Å². The number of fused-ring (bicyclic) bond motifs is 16. The van der Waals surface area contributed by atoms with Crippen molar-refractivity contribution in [2.75, 3.05) is 36.2 Å².